The number of nitrogens with zero attached hydrogens (tertiary/aromatic N) is 4. The lowest BCUT2D eigenvalue weighted by Gasteiger charge is -2.35. The van der Waals surface area contributed by atoms with E-state index in [1.807, 2.05) is 76.4 Å². The first-order chi connectivity index (χ1) is 42.3. The van der Waals surface area contributed by atoms with Crippen LogP contribution in [0.25, 0.3) is 33.7 Å². The first-order valence-electron chi connectivity index (χ1n) is 31.0. The maximum atomic E-state index is 13.3. The van der Waals surface area contributed by atoms with E-state index in [1.54, 1.807) is 65.1 Å². The first kappa shape index (κ1) is 73.3. The number of pyridine rings is 2. The van der Waals surface area contributed by atoms with Crippen LogP contribution in [-0.4, -0.2) is 122 Å². The predicted octanol–water partition coefficient (Wildman–Crippen LogP) is 9.14. The second-order valence-corrected chi connectivity index (χ2v) is 23.5. The van der Waals surface area contributed by atoms with E-state index in [0.29, 0.717) is 64.5 Å². The molecule has 8 N–H and O–H groups in total. The SMILES string of the molecule is C=CC[C@@H](CCC)C(=O)O[C@H](C(=O)N[C@@H](C)C(=O)N1CCC[C@@H](C(=O)N[C@H](C)c2ccc3cnc(C=C)cc3c2)N1)C(C)C.C=CC[C@@H](CCC)C(=O)O[C@H](C(=O)N[C@@H](C)C(=O)N1CCC[C@@H](C(=O)O)N1)C(C)C.C=Cc1cc2cc([C@@H](C)N)ccc2cn1. The van der Waals surface area contributed by atoms with Crippen molar-refractivity contribution in [3.8, 4) is 0 Å². The number of carboxylic acids is 1. The zero-order valence-corrected chi connectivity index (χ0v) is 53.7. The normalized spacial score (nSPS) is 17.4. The molecule has 2 fully saturated rings. The van der Waals surface area contributed by atoms with Gasteiger partial charge in [-0.05, 0) is 149 Å². The van der Waals surface area contributed by atoms with Crippen molar-refractivity contribution >= 4 is 81.1 Å². The Labute approximate surface area is 525 Å². The number of aliphatic carboxylic acids is 1. The maximum absolute atomic E-state index is 13.3. The van der Waals surface area contributed by atoms with E-state index in [-0.39, 0.29) is 47.6 Å². The van der Waals surface area contributed by atoms with Crippen LogP contribution in [0.15, 0.2) is 99.4 Å². The molecule has 4 heterocycles. The minimum atomic E-state index is -1.04. The van der Waals surface area contributed by atoms with E-state index >= 15 is 0 Å². The molecular weight excluding hydrogens is 1130 g/mol. The smallest absolute Gasteiger partial charge is 0.322 e. The molecule has 5 amide bonds. The zero-order valence-electron chi connectivity index (χ0n) is 53.7. The number of benzene rings is 2. The van der Waals surface area contributed by atoms with Crippen LogP contribution in [0, 0.1) is 23.7 Å². The van der Waals surface area contributed by atoms with Gasteiger partial charge in [-0.1, -0.05) is 104 Å². The summed E-state index contributed by atoms with van der Waals surface area (Å²) in [6.45, 7) is 33.6. The van der Waals surface area contributed by atoms with Gasteiger partial charge in [-0.3, -0.25) is 58.3 Å². The van der Waals surface area contributed by atoms with Crippen LogP contribution in [0.4, 0.5) is 0 Å². The van der Waals surface area contributed by atoms with E-state index < -0.39 is 72.0 Å². The fourth-order valence-corrected chi connectivity index (χ4v) is 10.2. The van der Waals surface area contributed by atoms with Crippen molar-refractivity contribution in [1.82, 2.24) is 46.8 Å². The Balaban J connectivity index is 0.000000321. The summed E-state index contributed by atoms with van der Waals surface area (Å²) in [7, 11) is 0. The molecule has 4 aromatic rings. The number of carbonyl (C=O) groups excluding carboxylic acids is 7. The van der Waals surface area contributed by atoms with Gasteiger partial charge < -0.3 is 36.3 Å². The van der Waals surface area contributed by atoms with Crippen molar-refractivity contribution in [2.75, 3.05) is 13.1 Å². The number of hydrazine groups is 2. The number of aromatic nitrogens is 2. The third-order valence-corrected chi connectivity index (χ3v) is 15.4. The largest absolute Gasteiger partial charge is 0.480 e. The van der Waals surface area contributed by atoms with Crippen LogP contribution in [0.5, 0.6) is 0 Å². The second-order valence-electron chi connectivity index (χ2n) is 23.5. The summed E-state index contributed by atoms with van der Waals surface area (Å²) in [6.07, 6.45) is 14.3. The zero-order chi connectivity index (χ0) is 66.1. The Kier molecular flexibility index (Phi) is 30.0. The highest BCUT2D eigenvalue weighted by molar-refractivity contribution is 5.92. The summed E-state index contributed by atoms with van der Waals surface area (Å²) in [5.74, 6) is -5.36. The molecule has 0 saturated carbocycles. The van der Waals surface area contributed by atoms with Gasteiger partial charge in [0.05, 0.1) is 29.3 Å². The highest BCUT2D eigenvalue weighted by atomic mass is 16.6. The number of esters is 2. The van der Waals surface area contributed by atoms with Crippen LogP contribution in [0.1, 0.15) is 168 Å². The lowest BCUT2D eigenvalue weighted by atomic mass is 9.99. The number of carbonyl (C=O) groups is 8. The predicted molar refractivity (Wildman–Crippen MR) is 347 cm³/mol. The Bertz CT molecular complexity index is 3110. The molecule has 89 heavy (non-hydrogen) atoms. The van der Waals surface area contributed by atoms with Crippen LogP contribution in [0.3, 0.4) is 0 Å². The van der Waals surface area contributed by atoms with Crippen LogP contribution >= 0.6 is 0 Å². The fraction of sp³-hybridized carbons (Fsp3) is 0.500. The summed E-state index contributed by atoms with van der Waals surface area (Å²) in [5, 5.41) is 24.4. The third kappa shape index (κ3) is 22.1. The summed E-state index contributed by atoms with van der Waals surface area (Å²) in [5.41, 5.74) is 15.3. The molecule has 0 radical (unpaired) electrons. The van der Waals surface area contributed by atoms with E-state index in [1.165, 1.54) is 16.9 Å². The molecule has 2 aromatic carbocycles. The van der Waals surface area contributed by atoms with Crippen molar-refractivity contribution < 1.29 is 52.9 Å². The van der Waals surface area contributed by atoms with Gasteiger partial charge in [0.2, 0.25) is 5.91 Å². The van der Waals surface area contributed by atoms with E-state index in [9.17, 15) is 38.4 Å². The Morgan fingerprint density at radius 3 is 1.43 bits per heavy atom. The number of nitrogens with one attached hydrogen (secondary N) is 5. The van der Waals surface area contributed by atoms with Gasteiger partial charge in [0.1, 0.15) is 24.2 Å². The lowest BCUT2D eigenvalue weighted by Crippen LogP contribution is -2.61. The number of carboxylic acid groups (broad SMARTS) is 1. The molecule has 0 bridgehead atoms. The highest BCUT2D eigenvalue weighted by Gasteiger charge is 2.37. The molecule has 0 spiro atoms. The summed E-state index contributed by atoms with van der Waals surface area (Å²) in [4.78, 5) is 110. The number of rotatable bonds is 27. The van der Waals surface area contributed by atoms with Crippen LogP contribution < -0.4 is 32.5 Å². The Morgan fingerprint density at radius 1 is 0.618 bits per heavy atom. The average molecular weight is 1230 g/mol. The molecule has 2 aliphatic rings. The van der Waals surface area contributed by atoms with Gasteiger partial charge >= 0.3 is 17.9 Å². The number of hydrogen-bond donors (Lipinski definition) is 7. The molecule has 10 atom stereocenters. The first-order valence-corrected chi connectivity index (χ1v) is 31.0. The third-order valence-electron chi connectivity index (χ3n) is 15.4. The maximum Gasteiger partial charge on any atom is 0.322 e. The highest BCUT2D eigenvalue weighted by Crippen LogP contribution is 2.24. The topological polar surface area (TPSA) is 294 Å². The molecule has 21 heteroatoms. The minimum absolute atomic E-state index is 0.0646. The number of hydrogen-bond acceptors (Lipinski definition) is 15. The number of fused-ring (bicyclic) bond motifs is 2. The standard InChI is InChI=1S/C34H47N5O5.C21H35N3O6.C13H14N2/c1-8-12-24(13-9-2)34(43)44-30(21(4)5)32(41)37-23(7)33(42)39-17-11-14-29(38-39)31(40)36-22(6)25-15-16-26-20-35-28(10-3)19-27(26)18-25;1-6-9-15(10-7-2)21(29)30-17(13(3)4)18(25)22-14(5)19(26)24-12-8-11-16(23-24)20(27)28;1-3-13-7-12-6-10(9(2)14)4-5-11(12)8-15-13/h8,10,15-16,18-24,29-30,38H,1,3,9,11-14,17H2,2,4-7H3,(H,36,40)(H,37,41);6,13-17,23H,1,7-12H2,2-5H3,(H,22,25)(H,27,28);3-9H,1,14H2,2H3/t22-,23+,24+,29+,30+;14-,15-,16-,17-;9-/m101/s1. The molecule has 21 nitrogen and oxygen atoms in total. The van der Waals surface area contributed by atoms with E-state index in [0.717, 1.165) is 56.9 Å². The molecule has 484 valence electrons. The molecule has 2 aromatic heterocycles. The van der Waals surface area contributed by atoms with Gasteiger partial charge in [-0.2, -0.15) is 0 Å². The number of amides is 5. The molecule has 2 aliphatic heterocycles. The summed E-state index contributed by atoms with van der Waals surface area (Å²) >= 11 is 0. The van der Waals surface area contributed by atoms with Crippen molar-refractivity contribution in [2.45, 2.75) is 182 Å². The van der Waals surface area contributed by atoms with Crippen molar-refractivity contribution in [2.24, 2.45) is 29.4 Å². The fourth-order valence-electron chi connectivity index (χ4n) is 10.2. The van der Waals surface area contributed by atoms with E-state index in [2.05, 4.69) is 69.2 Å². The van der Waals surface area contributed by atoms with E-state index in [4.69, 9.17) is 20.3 Å². The van der Waals surface area contributed by atoms with Crippen molar-refractivity contribution in [3.05, 3.63) is 122 Å². The van der Waals surface area contributed by atoms with Gasteiger partial charge in [0.15, 0.2) is 12.2 Å². The number of allylic oxidation sites excluding steroid dienone is 2. The van der Waals surface area contributed by atoms with Crippen LogP contribution in [-0.2, 0) is 47.8 Å². The van der Waals surface area contributed by atoms with Crippen molar-refractivity contribution in [1.29, 1.82) is 0 Å². The molecule has 0 unspecified atom stereocenters. The molecule has 6 rings (SSSR count). The second kappa shape index (κ2) is 36.4. The number of nitrogens with two attached hydrogens (primary N) is 1. The van der Waals surface area contributed by atoms with Crippen LogP contribution in [0.2, 0.25) is 0 Å². The van der Waals surface area contributed by atoms with Gasteiger partial charge in [0, 0.05) is 42.3 Å². The molecule has 2 saturated heterocycles. The Morgan fingerprint density at radius 2 is 1.03 bits per heavy atom. The summed E-state index contributed by atoms with van der Waals surface area (Å²) in [6, 6.07) is 12.7. The van der Waals surface area contributed by atoms with Crippen molar-refractivity contribution in [3.63, 3.8) is 0 Å². The monoisotopic (exact) mass is 1230 g/mol. The summed E-state index contributed by atoms with van der Waals surface area (Å²) < 4.78 is 11.1. The quantitative estimate of drug-likeness (QED) is 0.0216. The Hall–Kier alpha value is -8.14. The van der Waals surface area contributed by atoms with Gasteiger partial charge in [-0.15, -0.1) is 13.2 Å². The minimum Gasteiger partial charge on any atom is -0.480 e. The molecule has 0 aliphatic carbocycles. The lowest BCUT2D eigenvalue weighted by molar-refractivity contribution is -0.163. The number of ether oxygens (including phenoxy) is 2. The molecular formula is C68H96N10O11. The van der Waals surface area contributed by atoms with Gasteiger partial charge in [-0.25, -0.2) is 10.9 Å². The average Bonchev–Trinajstić information content (AvgIpc) is 3.69. The van der Waals surface area contributed by atoms with Gasteiger partial charge in [0.25, 0.3) is 23.6 Å².